The van der Waals surface area contributed by atoms with Crippen LogP contribution in [0.5, 0.6) is 0 Å². The topological polar surface area (TPSA) is 34.0 Å². The summed E-state index contributed by atoms with van der Waals surface area (Å²) in [6.45, 7) is 3.25. The van der Waals surface area contributed by atoms with Crippen LogP contribution in [0.3, 0.4) is 0 Å². The van der Waals surface area contributed by atoms with Gasteiger partial charge in [-0.15, -0.1) is 5.10 Å². The predicted octanol–water partition coefficient (Wildman–Crippen LogP) is 1.48. The van der Waals surface area contributed by atoms with Crippen molar-refractivity contribution in [1.29, 1.82) is 0 Å². The lowest BCUT2D eigenvalue weighted by molar-refractivity contribution is 0.257. The second kappa shape index (κ2) is 3.62. The molecular formula is C11H14N4. The minimum Gasteiger partial charge on any atom is -0.284 e. The van der Waals surface area contributed by atoms with Crippen LogP contribution in [0.4, 0.5) is 0 Å². The van der Waals surface area contributed by atoms with E-state index in [0.717, 1.165) is 17.7 Å². The Labute approximate surface area is 88.5 Å². The van der Waals surface area contributed by atoms with Crippen LogP contribution in [0.1, 0.15) is 12.8 Å². The van der Waals surface area contributed by atoms with Crippen LogP contribution in [-0.4, -0.2) is 33.0 Å². The van der Waals surface area contributed by atoms with Crippen LogP contribution in [0.15, 0.2) is 24.3 Å². The number of hydrogen-bond acceptors (Lipinski definition) is 3. The molecule has 78 valence electrons. The van der Waals surface area contributed by atoms with Gasteiger partial charge in [-0.1, -0.05) is 17.3 Å². The molecule has 0 unspecified atom stereocenters. The molecule has 0 radical (unpaired) electrons. The van der Waals surface area contributed by atoms with Gasteiger partial charge >= 0.3 is 0 Å². The average molecular weight is 202 g/mol. The summed E-state index contributed by atoms with van der Waals surface area (Å²) in [5.74, 6) is 0. The molecule has 1 aromatic heterocycles. The number of nitrogens with zero attached hydrogens (tertiary/aromatic N) is 4. The number of rotatable bonds is 2. The summed E-state index contributed by atoms with van der Waals surface area (Å²) in [7, 11) is 0. The third kappa shape index (κ3) is 1.61. The first-order valence-corrected chi connectivity index (χ1v) is 5.44. The van der Waals surface area contributed by atoms with Crippen molar-refractivity contribution in [3.63, 3.8) is 0 Å². The Morgan fingerprint density at radius 3 is 2.80 bits per heavy atom. The number of aromatic nitrogens is 3. The van der Waals surface area contributed by atoms with Gasteiger partial charge in [0.1, 0.15) is 5.52 Å². The molecule has 0 aliphatic carbocycles. The van der Waals surface area contributed by atoms with Crippen LogP contribution in [0, 0.1) is 0 Å². The zero-order valence-electron chi connectivity index (χ0n) is 8.63. The summed E-state index contributed by atoms with van der Waals surface area (Å²) in [6.07, 6.45) is 2.62. The highest BCUT2D eigenvalue weighted by Gasteiger charge is 2.13. The molecule has 0 amide bonds. The quantitative estimate of drug-likeness (QED) is 0.739. The first-order valence-electron chi connectivity index (χ1n) is 5.44. The van der Waals surface area contributed by atoms with Crippen LogP contribution >= 0.6 is 0 Å². The number of fused-ring (bicyclic) bond motifs is 1. The highest BCUT2D eigenvalue weighted by atomic mass is 15.5. The molecule has 1 fully saturated rings. The Kier molecular flexibility index (Phi) is 2.14. The maximum Gasteiger partial charge on any atom is 0.113 e. The third-order valence-electron chi connectivity index (χ3n) is 2.95. The van der Waals surface area contributed by atoms with E-state index in [1.54, 1.807) is 0 Å². The van der Waals surface area contributed by atoms with Gasteiger partial charge in [-0.3, -0.25) is 4.90 Å². The molecule has 0 saturated carbocycles. The normalized spacial score (nSPS) is 17.6. The molecule has 0 bridgehead atoms. The molecule has 1 aliphatic heterocycles. The third-order valence-corrected chi connectivity index (χ3v) is 2.95. The van der Waals surface area contributed by atoms with Crippen molar-refractivity contribution >= 4 is 11.0 Å². The Morgan fingerprint density at radius 1 is 1.13 bits per heavy atom. The number of likely N-dealkylation sites (tertiary alicyclic amines) is 1. The summed E-state index contributed by atoms with van der Waals surface area (Å²) in [5.41, 5.74) is 2.11. The smallest absolute Gasteiger partial charge is 0.113 e. The Morgan fingerprint density at radius 2 is 1.93 bits per heavy atom. The molecule has 2 heterocycles. The van der Waals surface area contributed by atoms with E-state index in [1.807, 2.05) is 22.9 Å². The van der Waals surface area contributed by atoms with Crippen LogP contribution < -0.4 is 0 Å². The van der Waals surface area contributed by atoms with Gasteiger partial charge in [0.15, 0.2) is 0 Å². The minimum absolute atomic E-state index is 0.876. The van der Waals surface area contributed by atoms with Gasteiger partial charge in [-0.25, -0.2) is 4.68 Å². The monoisotopic (exact) mass is 202 g/mol. The van der Waals surface area contributed by atoms with E-state index in [1.165, 1.54) is 25.9 Å². The highest BCUT2D eigenvalue weighted by molar-refractivity contribution is 5.73. The van der Waals surface area contributed by atoms with E-state index < -0.39 is 0 Å². The highest BCUT2D eigenvalue weighted by Crippen LogP contribution is 2.13. The Balaban J connectivity index is 1.90. The summed E-state index contributed by atoms with van der Waals surface area (Å²) in [5, 5.41) is 8.33. The minimum atomic E-state index is 0.876. The van der Waals surface area contributed by atoms with E-state index in [2.05, 4.69) is 21.3 Å². The van der Waals surface area contributed by atoms with Crippen molar-refractivity contribution in [3.8, 4) is 0 Å². The zero-order valence-corrected chi connectivity index (χ0v) is 8.63. The van der Waals surface area contributed by atoms with Crippen molar-refractivity contribution in [2.45, 2.75) is 19.5 Å². The molecular weight excluding hydrogens is 188 g/mol. The van der Waals surface area contributed by atoms with Gasteiger partial charge in [0.25, 0.3) is 0 Å². The Bertz CT molecular complexity index is 456. The molecule has 4 nitrogen and oxygen atoms in total. The second-order valence-corrected chi connectivity index (χ2v) is 4.04. The number of para-hydroxylation sites is 1. The summed E-state index contributed by atoms with van der Waals surface area (Å²) in [6, 6.07) is 8.11. The molecule has 1 aliphatic rings. The van der Waals surface area contributed by atoms with Crippen molar-refractivity contribution in [2.24, 2.45) is 0 Å². The van der Waals surface area contributed by atoms with Gasteiger partial charge in [-0.2, -0.15) is 0 Å². The molecule has 15 heavy (non-hydrogen) atoms. The van der Waals surface area contributed by atoms with Crippen molar-refractivity contribution in [2.75, 3.05) is 13.1 Å². The number of benzene rings is 1. The van der Waals surface area contributed by atoms with E-state index >= 15 is 0 Å². The summed E-state index contributed by atoms with van der Waals surface area (Å²) >= 11 is 0. The fourth-order valence-corrected chi connectivity index (χ4v) is 2.14. The van der Waals surface area contributed by atoms with Gasteiger partial charge in [0, 0.05) is 0 Å². The zero-order chi connectivity index (χ0) is 10.1. The second-order valence-electron chi connectivity index (χ2n) is 4.04. The lowest BCUT2D eigenvalue weighted by Gasteiger charge is -2.14. The average Bonchev–Trinajstić information content (AvgIpc) is 2.89. The molecule has 3 rings (SSSR count). The molecule has 0 spiro atoms. The molecule has 0 atom stereocenters. The van der Waals surface area contributed by atoms with Gasteiger partial charge in [-0.05, 0) is 38.1 Å². The summed E-state index contributed by atoms with van der Waals surface area (Å²) in [4.78, 5) is 2.42. The Hall–Kier alpha value is -1.42. The van der Waals surface area contributed by atoms with Crippen LogP contribution in [-0.2, 0) is 6.67 Å². The summed E-state index contributed by atoms with van der Waals surface area (Å²) < 4.78 is 1.99. The number of hydrogen-bond donors (Lipinski definition) is 0. The largest absolute Gasteiger partial charge is 0.284 e. The standard InChI is InChI=1S/C11H14N4/c1-2-6-11-10(5-1)12-13-15(11)9-14-7-3-4-8-14/h1-2,5-6H,3-4,7-9H2. The first kappa shape index (κ1) is 8.85. The molecule has 2 aromatic rings. The van der Waals surface area contributed by atoms with Crippen molar-refractivity contribution in [3.05, 3.63) is 24.3 Å². The lowest BCUT2D eigenvalue weighted by atomic mass is 10.3. The van der Waals surface area contributed by atoms with Crippen LogP contribution in [0.2, 0.25) is 0 Å². The SMILES string of the molecule is c1ccc2c(c1)nnn2CN1CCCC1. The molecule has 4 heteroatoms. The lowest BCUT2D eigenvalue weighted by Crippen LogP contribution is -2.23. The van der Waals surface area contributed by atoms with E-state index in [4.69, 9.17) is 0 Å². The molecule has 1 saturated heterocycles. The first-order chi connectivity index (χ1) is 7.43. The molecule has 0 N–H and O–H groups in total. The van der Waals surface area contributed by atoms with Crippen LogP contribution in [0.25, 0.3) is 11.0 Å². The van der Waals surface area contributed by atoms with E-state index in [-0.39, 0.29) is 0 Å². The molecule has 1 aromatic carbocycles. The van der Waals surface area contributed by atoms with Gasteiger partial charge in [0.2, 0.25) is 0 Å². The van der Waals surface area contributed by atoms with E-state index in [0.29, 0.717) is 0 Å². The predicted molar refractivity (Wildman–Crippen MR) is 58.3 cm³/mol. The van der Waals surface area contributed by atoms with Gasteiger partial charge in [0.05, 0.1) is 12.2 Å². The fourth-order valence-electron chi connectivity index (χ4n) is 2.14. The maximum absolute atomic E-state index is 4.18. The fraction of sp³-hybridized carbons (Fsp3) is 0.455. The van der Waals surface area contributed by atoms with Crippen molar-refractivity contribution in [1.82, 2.24) is 19.9 Å². The van der Waals surface area contributed by atoms with E-state index in [9.17, 15) is 0 Å². The van der Waals surface area contributed by atoms with Gasteiger partial charge < -0.3 is 0 Å². The maximum atomic E-state index is 4.18. The van der Waals surface area contributed by atoms with Crippen molar-refractivity contribution < 1.29 is 0 Å².